The highest BCUT2D eigenvalue weighted by atomic mass is 35.5. The Bertz CT molecular complexity index is 455. The van der Waals surface area contributed by atoms with Gasteiger partial charge in [0.1, 0.15) is 5.15 Å². The van der Waals surface area contributed by atoms with Gasteiger partial charge in [0.15, 0.2) is 0 Å². The molecule has 1 aliphatic heterocycles. The maximum Gasteiger partial charge on any atom is 0.131 e. The average molecular weight is 299 g/mol. The molecule has 2 atom stereocenters. The van der Waals surface area contributed by atoms with Gasteiger partial charge in [-0.3, -0.25) is 9.58 Å². The second kappa shape index (κ2) is 6.46. The topological polar surface area (TPSA) is 33.1 Å². The van der Waals surface area contributed by atoms with Crippen LogP contribution in [0.3, 0.4) is 0 Å². The van der Waals surface area contributed by atoms with E-state index < -0.39 is 0 Å². The molecule has 4 nitrogen and oxygen atoms in total. The van der Waals surface area contributed by atoms with E-state index in [4.69, 9.17) is 11.6 Å². The quantitative estimate of drug-likeness (QED) is 0.931. The van der Waals surface area contributed by atoms with Gasteiger partial charge in [0.2, 0.25) is 0 Å². The molecule has 1 N–H and O–H groups in total. The van der Waals surface area contributed by atoms with Crippen LogP contribution in [0.2, 0.25) is 5.15 Å². The van der Waals surface area contributed by atoms with E-state index in [1.807, 2.05) is 14.0 Å². The van der Waals surface area contributed by atoms with Gasteiger partial charge in [0.25, 0.3) is 0 Å². The van der Waals surface area contributed by atoms with Crippen LogP contribution in [0.5, 0.6) is 0 Å². The molecule has 1 aromatic rings. The van der Waals surface area contributed by atoms with Crippen molar-refractivity contribution in [2.75, 3.05) is 13.1 Å². The number of nitrogens with one attached hydrogen (secondary N) is 1. The first kappa shape index (κ1) is 15.8. The Labute approximate surface area is 127 Å². The lowest BCUT2D eigenvalue weighted by Gasteiger charge is -2.30. The van der Waals surface area contributed by atoms with Crippen LogP contribution in [-0.2, 0) is 13.6 Å². The number of rotatable bonds is 3. The number of hydrogen-bond acceptors (Lipinski definition) is 3. The largest absolute Gasteiger partial charge is 0.312 e. The Balaban J connectivity index is 2.16. The van der Waals surface area contributed by atoms with Gasteiger partial charge in [-0.2, -0.15) is 5.10 Å². The van der Waals surface area contributed by atoms with Gasteiger partial charge < -0.3 is 5.32 Å². The molecular formula is C15H27ClN4. The van der Waals surface area contributed by atoms with Crippen LogP contribution in [0.1, 0.15) is 38.4 Å². The Morgan fingerprint density at radius 2 is 2.15 bits per heavy atom. The molecule has 0 amide bonds. The number of halogens is 1. The van der Waals surface area contributed by atoms with Gasteiger partial charge in [-0.15, -0.1) is 0 Å². The Hall–Kier alpha value is -0.580. The van der Waals surface area contributed by atoms with Gasteiger partial charge in [-0.25, -0.2) is 0 Å². The van der Waals surface area contributed by atoms with Gasteiger partial charge in [0, 0.05) is 37.8 Å². The van der Waals surface area contributed by atoms with Crippen LogP contribution in [-0.4, -0.2) is 39.9 Å². The minimum atomic E-state index is 0.552. The van der Waals surface area contributed by atoms with Crippen molar-refractivity contribution in [3.8, 4) is 0 Å². The van der Waals surface area contributed by atoms with E-state index in [9.17, 15) is 0 Å². The molecule has 0 spiro atoms. The molecule has 0 aromatic carbocycles. The van der Waals surface area contributed by atoms with Crippen LogP contribution in [0.25, 0.3) is 0 Å². The third-order valence-corrected chi connectivity index (χ3v) is 4.93. The maximum atomic E-state index is 6.38. The summed E-state index contributed by atoms with van der Waals surface area (Å²) in [6.07, 6.45) is 1.18. The second-order valence-electron chi connectivity index (χ2n) is 6.35. The summed E-state index contributed by atoms with van der Waals surface area (Å²) in [5.41, 5.74) is 2.22. The summed E-state index contributed by atoms with van der Waals surface area (Å²) in [6.45, 7) is 12.0. The lowest BCUT2D eigenvalue weighted by atomic mass is 10.0. The predicted molar refractivity (Wildman–Crippen MR) is 84.1 cm³/mol. The molecule has 20 heavy (non-hydrogen) atoms. The van der Waals surface area contributed by atoms with Gasteiger partial charge in [-0.1, -0.05) is 25.4 Å². The van der Waals surface area contributed by atoms with Crippen molar-refractivity contribution < 1.29 is 0 Å². The number of aryl methyl sites for hydroxylation is 2. The molecule has 114 valence electrons. The molecule has 0 aliphatic carbocycles. The molecule has 2 rings (SSSR count). The van der Waals surface area contributed by atoms with E-state index in [2.05, 4.69) is 36.1 Å². The molecule has 5 heteroatoms. The highest BCUT2D eigenvalue weighted by Crippen LogP contribution is 2.23. The molecule has 1 aromatic heterocycles. The molecule has 1 saturated heterocycles. The van der Waals surface area contributed by atoms with E-state index in [-0.39, 0.29) is 0 Å². The van der Waals surface area contributed by atoms with E-state index in [1.165, 1.54) is 12.0 Å². The average Bonchev–Trinajstić information content (AvgIpc) is 2.54. The van der Waals surface area contributed by atoms with Gasteiger partial charge in [-0.05, 0) is 32.7 Å². The Morgan fingerprint density at radius 1 is 1.45 bits per heavy atom. The van der Waals surface area contributed by atoms with E-state index in [0.717, 1.165) is 30.5 Å². The van der Waals surface area contributed by atoms with E-state index in [1.54, 1.807) is 4.68 Å². The summed E-state index contributed by atoms with van der Waals surface area (Å²) in [4.78, 5) is 2.54. The monoisotopic (exact) mass is 298 g/mol. The molecule has 2 heterocycles. The Morgan fingerprint density at radius 3 is 2.70 bits per heavy atom. The normalized spacial score (nSPS) is 25.1. The third-order valence-electron chi connectivity index (χ3n) is 4.46. The Kier molecular flexibility index (Phi) is 5.10. The first-order chi connectivity index (χ1) is 9.40. The van der Waals surface area contributed by atoms with Crippen molar-refractivity contribution in [3.05, 3.63) is 16.4 Å². The fraction of sp³-hybridized carbons (Fsp3) is 0.800. The third kappa shape index (κ3) is 3.35. The van der Waals surface area contributed by atoms with Crippen molar-refractivity contribution in [2.24, 2.45) is 13.0 Å². The van der Waals surface area contributed by atoms with Crippen molar-refractivity contribution in [3.63, 3.8) is 0 Å². The van der Waals surface area contributed by atoms with Crippen molar-refractivity contribution in [1.29, 1.82) is 0 Å². The van der Waals surface area contributed by atoms with Crippen LogP contribution in [0, 0.1) is 12.8 Å². The molecule has 1 fully saturated rings. The summed E-state index contributed by atoms with van der Waals surface area (Å²) < 4.78 is 1.77. The fourth-order valence-corrected chi connectivity index (χ4v) is 3.12. The molecule has 1 aliphatic rings. The summed E-state index contributed by atoms with van der Waals surface area (Å²) >= 11 is 6.38. The lowest BCUT2D eigenvalue weighted by molar-refractivity contribution is 0.183. The molecule has 0 bridgehead atoms. The second-order valence-corrected chi connectivity index (χ2v) is 6.71. The smallest absolute Gasteiger partial charge is 0.131 e. The number of hydrogen-bond donors (Lipinski definition) is 1. The molecule has 2 unspecified atom stereocenters. The zero-order valence-electron chi connectivity index (χ0n) is 13.3. The van der Waals surface area contributed by atoms with Crippen molar-refractivity contribution >= 4 is 11.6 Å². The highest BCUT2D eigenvalue weighted by Gasteiger charge is 2.26. The van der Waals surface area contributed by atoms with Crippen LogP contribution in [0.4, 0.5) is 0 Å². The summed E-state index contributed by atoms with van der Waals surface area (Å²) in [7, 11) is 1.91. The summed E-state index contributed by atoms with van der Waals surface area (Å²) in [5.74, 6) is 0.647. The van der Waals surface area contributed by atoms with E-state index in [0.29, 0.717) is 18.0 Å². The van der Waals surface area contributed by atoms with Gasteiger partial charge in [0.05, 0.1) is 5.69 Å². The van der Waals surface area contributed by atoms with Crippen LogP contribution >= 0.6 is 11.6 Å². The zero-order valence-corrected chi connectivity index (χ0v) is 14.0. The standard InChI is InChI=1S/C15H27ClN4/c1-10(2)14-9-20(11(3)6-7-17-14)8-13-12(4)18-19(5)15(13)16/h10-11,14,17H,6-9H2,1-5H3. The van der Waals surface area contributed by atoms with E-state index >= 15 is 0 Å². The number of nitrogens with zero attached hydrogens (tertiary/aromatic N) is 3. The zero-order chi connectivity index (χ0) is 14.9. The van der Waals surface area contributed by atoms with Crippen molar-refractivity contribution in [2.45, 2.75) is 52.7 Å². The summed E-state index contributed by atoms with van der Waals surface area (Å²) in [6, 6.07) is 1.12. The van der Waals surface area contributed by atoms with Crippen LogP contribution < -0.4 is 5.32 Å². The lowest BCUT2D eigenvalue weighted by Crippen LogP contribution is -2.42. The SMILES string of the molecule is Cc1nn(C)c(Cl)c1CN1CC(C(C)C)NCCC1C. The fourth-order valence-electron chi connectivity index (χ4n) is 2.88. The summed E-state index contributed by atoms with van der Waals surface area (Å²) in [5, 5.41) is 8.86. The van der Waals surface area contributed by atoms with Crippen molar-refractivity contribution in [1.82, 2.24) is 20.0 Å². The minimum Gasteiger partial charge on any atom is -0.312 e. The first-order valence-corrected chi connectivity index (χ1v) is 7.93. The maximum absolute atomic E-state index is 6.38. The minimum absolute atomic E-state index is 0.552. The van der Waals surface area contributed by atoms with Gasteiger partial charge >= 0.3 is 0 Å². The molecule has 0 radical (unpaired) electrons. The number of aromatic nitrogens is 2. The molecular weight excluding hydrogens is 272 g/mol. The molecule has 0 saturated carbocycles. The van der Waals surface area contributed by atoms with Crippen LogP contribution in [0.15, 0.2) is 0 Å². The first-order valence-electron chi connectivity index (χ1n) is 7.55. The highest BCUT2D eigenvalue weighted by molar-refractivity contribution is 6.30. The predicted octanol–water partition coefficient (Wildman–Crippen LogP) is 2.59.